The van der Waals surface area contributed by atoms with Gasteiger partial charge in [-0.1, -0.05) is 30.0 Å². The Morgan fingerprint density at radius 2 is 1.77 bits per heavy atom. The van der Waals surface area contributed by atoms with Crippen molar-refractivity contribution in [3.05, 3.63) is 84.2 Å². The van der Waals surface area contributed by atoms with Crippen molar-refractivity contribution >= 4 is 41.6 Å². The molecule has 0 saturated carbocycles. The van der Waals surface area contributed by atoms with Gasteiger partial charge in [-0.15, -0.1) is 0 Å². The fourth-order valence-corrected chi connectivity index (χ4v) is 4.11. The van der Waals surface area contributed by atoms with E-state index in [1.54, 1.807) is 28.7 Å². The van der Waals surface area contributed by atoms with Crippen LogP contribution in [0.4, 0.5) is 14.5 Å². The van der Waals surface area contributed by atoms with Crippen LogP contribution in [0.1, 0.15) is 16.1 Å². The highest BCUT2D eigenvalue weighted by molar-refractivity contribution is 7.99. The predicted molar refractivity (Wildman–Crippen MR) is 116 cm³/mol. The molecule has 152 valence electrons. The highest BCUT2D eigenvalue weighted by Gasteiger charge is 2.25. The van der Waals surface area contributed by atoms with Crippen LogP contribution in [0.3, 0.4) is 0 Å². The maximum Gasteiger partial charge on any atom is 0.298 e. The number of carbonyl (C=O) groups excluding carboxylic acids is 1. The summed E-state index contributed by atoms with van der Waals surface area (Å²) >= 11 is 6.13. The van der Waals surface area contributed by atoms with E-state index < -0.39 is 5.76 Å². The molecule has 0 fully saturated rings. The van der Waals surface area contributed by atoms with Gasteiger partial charge in [-0.3, -0.25) is 4.79 Å². The van der Waals surface area contributed by atoms with Gasteiger partial charge in [-0.05, 0) is 55.0 Å². The monoisotopic (exact) mass is 441 g/mol. The molecule has 2 heterocycles. The first-order chi connectivity index (χ1) is 14.4. The molecule has 1 amide bonds. The zero-order chi connectivity index (χ0) is 21.3. The lowest BCUT2D eigenvalue weighted by molar-refractivity contribution is -0.514. The number of aromatic nitrogens is 2. The standard InChI is InChI=1S/C22H17F2N3OS2/c1-14-7-12-18-26(13-14)19(21(29)27(18)16-5-3-2-4-6-16)20(28)25-15-8-10-17(11-9-15)30-22(23)24/h2-13,22H,1H3,(H-,25,28,29). The number of nitrogens with one attached hydrogen (secondary N) is 1. The largest absolute Gasteiger partial charge is 0.732 e. The van der Waals surface area contributed by atoms with Crippen molar-refractivity contribution in [2.24, 2.45) is 0 Å². The Balaban J connectivity index is 1.74. The summed E-state index contributed by atoms with van der Waals surface area (Å²) in [5.74, 6) is -2.86. The smallest absolute Gasteiger partial charge is 0.298 e. The second kappa shape index (κ2) is 8.41. The first-order valence-electron chi connectivity index (χ1n) is 9.09. The van der Waals surface area contributed by atoms with E-state index in [0.29, 0.717) is 33.1 Å². The first-order valence-corrected chi connectivity index (χ1v) is 10.4. The Morgan fingerprint density at radius 3 is 2.43 bits per heavy atom. The molecule has 0 spiro atoms. The number of thioether (sulfide) groups is 1. The van der Waals surface area contributed by atoms with E-state index in [9.17, 15) is 13.6 Å². The number of aryl methyl sites for hydroxylation is 1. The molecular weight excluding hydrogens is 424 g/mol. The van der Waals surface area contributed by atoms with Crippen LogP contribution in [0.15, 0.2) is 82.8 Å². The lowest BCUT2D eigenvalue weighted by atomic mass is 10.3. The SMILES string of the molecule is Cc1ccc2n(-c3ccccc3)c([S-])c(C(=O)Nc3ccc(SC(F)F)cc3)[n+]2c1. The number of hydrogen-bond donors (Lipinski definition) is 1. The van der Waals surface area contributed by atoms with Crippen molar-refractivity contribution in [1.82, 2.24) is 4.57 Å². The summed E-state index contributed by atoms with van der Waals surface area (Å²) in [6.45, 7) is 1.94. The van der Waals surface area contributed by atoms with Gasteiger partial charge in [0.1, 0.15) is 5.69 Å². The summed E-state index contributed by atoms with van der Waals surface area (Å²) in [4.78, 5) is 13.6. The molecule has 0 radical (unpaired) electrons. The van der Waals surface area contributed by atoms with Gasteiger partial charge < -0.3 is 17.9 Å². The van der Waals surface area contributed by atoms with Crippen LogP contribution in [0.5, 0.6) is 0 Å². The molecule has 30 heavy (non-hydrogen) atoms. The van der Waals surface area contributed by atoms with E-state index in [0.717, 1.165) is 16.9 Å². The van der Waals surface area contributed by atoms with Crippen molar-refractivity contribution in [3.8, 4) is 5.69 Å². The minimum absolute atomic E-state index is 0.332. The van der Waals surface area contributed by atoms with Gasteiger partial charge in [0.15, 0.2) is 0 Å². The van der Waals surface area contributed by atoms with Crippen LogP contribution in [-0.4, -0.2) is 16.2 Å². The molecule has 1 N–H and O–H groups in total. The van der Waals surface area contributed by atoms with Crippen LogP contribution >= 0.6 is 11.8 Å². The summed E-state index contributed by atoms with van der Waals surface area (Å²) in [5.41, 5.74) is 3.44. The third kappa shape index (κ3) is 4.01. The topological polar surface area (TPSA) is 38.1 Å². The third-order valence-corrected chi connectivity index (χ3v) is 5.62. The predicted octanol–water partition coefficient (Wildman–Crippen LogP) is 5.00. The van der Waals surface area contributed by atoms with Gasteiger partial charge in [-0.2, -0.15) is 13.2 Å². The number of halogens is 2. The second-order valence-corrected chi connectivity index (χ2v) is 8.07. The Morgan fingerprint density at radius 1 is 1.07 bits per heavy atom. The summed E-state index contributed by atoms with van der Waals surface area (Å²) in [6, 6.07) is 19.8. The van der Waals surface area contributed by atoms with Crippen molar-refractivity contribution in [2.45, 2.75) is 22.6 Å². The van der Waals surface area contributed by atoms with Crippen molar-refractivity contribution < 1.29 is 18.0 Å². The number of benzene rings is 2. The van der Waals surface area contributed by atoms with Gasteiger partial charge >= 0.3 is 0 Å². The van der Waals surface area contributed by atoms with Gasteiger partial charge in [0.2, 0.25) is 5.69 Å². The normalized spacial score (nSPS) is 11.2. The number of anilines is 1. The molecule has 4 rings (SSSR count). The molecule has 0 aliphatic heterocycles. The molecule has 2 aromatic carbocycles. The summed E-state index contributed by atoms with van der Waals surface area (Å²) < 4.78 is 28.6. The van der Waals surface area contributed by atoms with Crippen LogP contribution in [0.25, 0.3) is 11.3 Å². The van der Waals surface area contributed by atoms with Crippen molar-refractivity contribution in [2.75, 3.05) is 5.32 Å². The van der Waals surface area contributed by atoms with E-state index in [1.807, 2.05) is 60.2 Å². The minimum Gasteiger partial charge on any atom is -0.732 e. The Kier molecular flexibility index (Phi) is 5.69. The molecule has 4 aromatic rings. The number of rotatable bonds is 5. The molecule has 4 nitrogen and oxygen atoms in total. The molecule has 0 saturated heterocycles. The van der Waals surface area contributed by atoms with E-state index >= 15 is 0 Å². The zero-order valence-electron chi connectivity index (χ0n) is 15.9. The fraction of sp³-hybridized carbons (Fsp3) is 0.0909. The number of amides is 1. The number of pyridine rings is 1. The maximum absolute atomic E-state index is 13.1. The number of fused-ring (bicyclic) bond motifs is 1. The van der Waals surface area contributed by atoms with Crippen LogP contribution in [0, 0.1) is 6.92 Å². The molecule has 0 bridgehead atoms. The van der Waals surface area contributed by atoms with Crippen LogP contribution in [0.2, 0.25) is 0 Å². The van der Waals surface area contributed by atoms with E-state index in [2.05, 4.69) is 5.32 Å². The highest BCUT2D eigenvalue weighted by atomic mass is 32.2. The summed E-state index contributed by atoms with van der Waals surface area (Å²) in [7, 11) is 0. The molecule has 0 unspecified atom stereocenters. The minimum atomic E-state index is -2.49. The number of nitrogens with zero attached hydrogens (tertiary/aromatic N) is 2. The second-order valence-electron chi connectivity index (χ2n) is 6.62. The lowest BCUT2D eigenvalue weighted by Crippen LogP contribution is -2.31. The van der Waals surface area contributed by atoms with Gasteiger partial charge in [0.25, 0.3) is 17.3 Å². The molecule has 0 aliphatic carbocycles. The maximum atomic E-state index is 13.1. The molecular formula is C22H17F2N3OS2. The van der Waals surface area contributed by atoms with E-state index in [1.165, 1.54) is 0 Å². The van der Waals surface area contributed by atoms with Gasteiger partial charge in [-0.25, -0.2) is 4.57 Å². The fourth-order valence-electron chi connectivity index (χ4n) is 3.22. The van der Waals surface area contributed by atoms with E-state index in [-0.39, 0.29) is 5.91 Å². The number of carbonyl (C=O) groups is 1. The average Bonchev–Trinajstić information content (AvgIpc) is 3.00. The van der Waals surface area contributed by atoms with Gasteiger partial charge in [0, 0.05) is 21.7 Å². The Bertz CT molecular complexity index is 1210. The summed E-state index contributed by atoms with van der Waals surface area (Å²) in [6.07, 6.45) is 1.86. The highest BCUT2D eigenvalue weighted by Crippen LogP contribution is 2.26. The van der Waals surface area contributed by atoms with Crippen molar-refractivity contribution in [1.29, 1.82) is 0 Å². The summed E-state index contributed by atoms with van der Waals surface area (Å²) in [5, 5.41) is 3.20. The number of para-hydroxylation sites is 1. The van der Waals surface area contributed by atoms with Crippen LogP contribution < -0.4 is 9.72 Å². The zero-order valence-corrected chi connectivity index (χ0v) is 17.5. The van der Waals surface area contributed by atoms with Crippen molar-refractivity contribution in [3.63, 3.8) is 0 Å². The lowest BCUT2D eigenvalue weighted by Gasteiger charge is -2.08. The quantitative estimate of drug-likeness (QED) is 0.269. The number of alkyl halides is 2. The van der Waals surface area contributed by atoms with E-state index in [4.69, 9.17) is 12.6 Å². The molecule has 2 aromatic heterocycles. The number of hydrogen-bond acceptors (Lipinski definition) is 3. The Hall–Kier alpha value is -2.97. The molecule has 8 heteroatoms. The average molecular weight is 442 g/mol. The molecule has 0 atom stereocenters. The first kappa shape index (κ1) is 20.3. The number of imidazole rings is 1. The van der Waals surface area contributed by atoms with Gasteiger partial charge in [0.05, 0.1) is 6.20 Å². The Labute approximate surface area is 182 Å². The third-order valence-electron chi connectivity index (χ3n) is 4.52. The van der Waals surface area contributed by atoms with Crippen LogP contribution in [-0.2, 0) is 12.6 Å². The molecule has 0 aliphatic rings.